The second-order valence-corrected chi connectivity index (χ2v) is 7.09. The van der Waals surface area contributed by atoms with Gasteiger partial charge in [-0.05, 0) is 25.3 Å². The van der Waals surface area contributed by atoms with Gasteiger partial charge in [-0.2, -0.15) is 0 Å². The maximum Gasteiger partial charge on any atom is 0.268 e. The number of nitrogens with two attached hydrogens (primary N) is 1. The van der Waals surface area contributed by atoms with Crippen LogP contribution in [0.5, 0.6) is 0 Å². The largest absolute Gasteiger partial charge is 0.391 e. The van der Waals surface area contributed by atoms with Crippen LogP contribution >= 0.6 is 0 Å². The van der Waals surface area contributed by atoms with E-state index in [4.69, 9.17) is 10.6 Å². The maximum absolute atomic E-state index is 12.5. The zero-order valence-corrected chi connectivity index (χ0v) is 14.9. The number of aliphatic hydroxyl groups excluding tert-OH is 1. The van der Waals surface area contributed by atoms with Gasteiger partial charge in [0.2, 0.25) is 5.91 Å². The third kappa shape index (κ3) is 3.88. The minimum atomic E-state index is -0.866. The first kappa shape index (κ1) is 18.8. The number of amides is 2. The van der Waals surface area contributed by atoms with Crippen LogP contribution in [0.4, 0.5) is 0 Å². The number of hydrogen-bond donors (Lipinski definition) is 4. The van der Waals surface area contributed by atoms with Gasteiger partial charge in [0.15, 0.2) is 0 Å². The summed E-state index contributed by atoms with van der Waals surface area (Å²) in [6.07, 6.45) is 0.658. The molecule has 2 fully saturated rings. The third-order valence-electron chi connectivity index (χ3n) is 5.05. The molecule has 2 amide bonds. The van der Waals surface area contributed by atoms with Crippen LogP contribution in [0.2, 0.25) is 0 Å². The van der Waals surface area contributed by atoms with E-state index in [2.05, 4.69) is 10.6 Å². The highest BCUT2D eigenvalue weighted by Crippen LogP contribution is 2.34. The molecule has 8 nitrogen and oxygen atoms in total. The molecule has 0 radical (unpaired) electrons. The molecule has 0 saturated carbocycles. The van der Waals surface area contributed by atoms with Crippen molar-refractivity contribution < 1.29 is 19.5 Å². The summed E-state index contributed by atoms with van der Waals surface area (Å²) in [4.78, 5) is 29.4. The molecule has 0 bridgehead atoms. The summed E-state index contributed by atoms with van der Waals surface area (Å²) in [5.74, 6) is -0.647. The molecule has 2 aliphatic heterocycles. The second-order valence-electron chi connectivity index (χ2n) is 7.09. The van der Waals surface area contributed by atoms with Gasteiger partial charge in [0.05, 0.1) is 12.6 Å². The Bertz CT molecular complexity index is 654. The van der Waals surface area contributed by atoms with Gasteiger partial charge in [-0.15, -0.1) is 0 Å². The third-order valence-corrected chi connectivity index (χ3v) is 5.05. The number of rotatable bonds is 8. The van der Waals surface area contributed by atoms with Crippen LogP contribution in [0.1, 0.15) is 25.3 Å². The molecule has 0 aromatic heterocycles. The SMILES string of the molecule is CC(O)C(NCC1CCC2(CN(OCc3ccccc3)C2=O)N1)C(N)=O. The topological polar surface area (TPSA) is 117 Å². The van der Waals surface area contributed by atoms with Crippen LogP contribution in [0.15, 0.2) is 30.3 Å². The smallest absolute Gasteiger partial charge is 0.268 e. The molecule has 4 unspecified atom stereocenters. The molecule has 2 saturated heterocycles. The summed E-state index contributed by atoms with van der Waals surface area (Å²) in [7, 11) is 0. The van der Waals surface area contributed by atoms with Crippen LogP contribution < -0.4 is 16.4 Å². The Morgan fingerprint density at radius 2 is 2.23 bits per heavy atom. The van der Waals surface area contributed by atoms with Crippen molar-refractivity contribution in [2.75, 3.05) is 13.1 Å². The highest BCUT2D eigenvalue weighted by molar-refractivity contribution is 5.92. The van der Waals surface area contributed by atoms with E-state index in [0.29, 0.717) is 19.7 Å². The van der Waals surface area contributed by atoms with Crippen molar-refractivity contribution >= 4 is 11.8 Å². The Labute approximate surface area is 152 Å². The van der Waals surface area contributed by atoms with E-state index in [-0.39, 0.29) is 11.9 Å². The lowest BCUT2D eigenvalue weighted by atomic mass is 9.89. The molecule has 2 aliphatic rings. The van der Waals surface area contributed by atoms with E-state index in [1.165, 1.54) is 12.0 Å². The molecule has 1 aromatic carbocycles. The van der Waals surface area contributed by atoms with Crippen molar-refractivity contribution in [1.82, 2.24) is 15.7 Å². The minimum absolute atomic E-state index is 0.0378. The van der Waals surface area contributed by atoms with Crippen molar-refractivity contribution in [1.29, 1.82) is 0 Å². The number of nitrogens with one attached hydrogen (secondary N) is 2. The summed E-state index contributed by atoms with van der Waals surface area (Å²) in [5, 5.41) is 17.3. The summed E-state index contributed by atoms with van der Waals surface area (Å²) in [5.41, 5.74) is 5.71. The van der Waals surface area contributed by atoms with E-state index in [0.717, 1.165) is 18.4 Å². The summed E-state index contributed by atoms with van der Waals surface area (Å²) in [6.45, 7) is 2.84. The number of hydroxylamine groups is 2. The fourth-order valence-corrected chi connectivity index (χ4v) is 3.54. The first-order chi connectivity index (χ1) is 12.4. The molecule has 3 rings (SSSR count). The van der Waals surface area contributed by atoms with Crippen LogP contribution in [0, 0.1) is 0 Å². The highest BCUT2D eigenvalue weighted by atomic mass is 16.7. The number of benzene rings is 1. The van der Waals surface area contributed by atoms with Gasteiger partial charge in [0.25, 0.3) is 5.91 Å². The van der Waals surface area contributed by atoms with Gasteiger partial charge in [0, 0.05) is 12.6 Å². The Morgan fingerprint density at radius 3 is 2.85 bits per heavy atom. The second kappa shape index (κ2) is 7.71. The van der Waals surface area contributed by atoms with Gasteiger partial charge < -0.3 is 16.2 Å². The normalized spacial score (nSPS) is 27.4. The predicted molar refractivity (Wildman–Crippen MR) is 94.5 cm³/mol. The number of hydrogen-bond acceptors (Lipinski definition) is 6. The number of carbonyl (C=O) groups excluding carboxylic acids is 2. The standard InChI is InChI=1S/C18H26N4O4/c1-12(23)15(16(19)24)20-9-14-7-8-18(21-14)11-22(17(18)25)26-10-13-5-3-2-4-6-13/h2-6,12,14-15,20-21,23H,7-11H2,1H3,(H2,19,24). The summed E-state index contributed by atoms with van der Waals surface area (Å²) < 4.78 is 0. The lowest BCUT2D eigenvalue weighted by Crippen LogP contribution is -2.72. The lowest BCUT2D eigenvalue weighted by molar-refractivity contribution is -0.231. The van der Waals surface area contributed by atoms with Gasteiger partial charge in [-0.1, -0.05) is 30.3 Å². The molecular formula is C18H26N4O4. The Balaban J connectivity index is 1.45. The highest BCUT2D eigenvalue weighted by Gasteiger charge is 2.56. The molecule has 142 valence electrons. The average Bonchev–Trinajstić information content (AvgIpc) is 3.05. The molecule has 8 heteroatoms. The van der Waals surface area contributed by atoms with E-state index in [1.807, 2.05) is 30.3 Å². The number of β-lactam (4-membered cyclic amide) rings is 1. The zero-order chi connectivity index (χ0) is 18.7. The van der Waals surface area contributed by atoms with Crippen molar-refractivity contribution in [3.8, 4) is 0 Å². The monoisotopic (exact) mass is 362 g/mol. The van der Waals surface area contributed by atoms with Crippen molar-refractivity contribution in [2.24, 2.45) is 5.73 Å². The Hall–Kier alpha value is -2.00. The maximum atomic E-state index is 12.5. The number of aliphatic hydroxyl groups is 1. The molecule has 5 N–H and O–H groups in total. The predicted octanol–water partition coefficient (Wildman–Crippen LogP) is -0.724. The van der Waals surface area contributed by atoms with Gasteiger partial charge >= 0.3 is 0 Å². The fourth-order valence-electron chi connectivity index (χ4n) is 3.54. The molecule has 4 atom stereocenters. The van der Waals surface area contributed by atoms with E-state index in [1.54, 1.807) is 0 Å². The molecule has 2 heterocycles. The average molecular weight is 362 g/mol. The minimum Gasteiger partial charge on any atom is -0.391 e. The van der Waals surface area contributed by atoms with Crippen LogP contribution in [0.25, 0.3) is 0 Å². The first-order valence-corrected chi connectivity index (χ1v) is 8.88. The molecule has 1 aromatic rings. The van der Waals surface area contributed by atoms with Crippen molar-refractivity contribution in [3.05, 3.63) is 35.9 Å². The molecular weight excluding hydrogens is 336 g/mol. The summed E-state index contributed by atoms with van der Waals surface area (Å²) >= 11 is 0. The molecule has 26 heavy (non-hydrogen) atoms. The molecule has 1 spiro atoms. The first-order valence-electron chi connectivity index (χ1n) is 8.88. The number of primary amides is 1. The fraction of sp³-hybridized carbons (Fsp3) is 0.556. The van der Waals surface area contributed by atoms with E-state index < -0.39 is 23.6 Å². The quantitative estimate of drug-likeness (QED) is 0.453. The number of carbonyl (C=O) groups is 2. The Morgan fingerprint density at radius 1 is 1.50 bits per heavy atom. The van der Waals surface area contributed by atoms with Crippen molar-refractivity contribution in [3.63, 3.8) is 0 Å². The van der Waals surface area contributed by atoms with Gasteiger partial charge in [-0.3, -0.25) is 19.7 Å². The van der Waals surface area contributed by atoms with Crippen LogP contribution in [-0.4, -0.2) is 58.8 Å². The summed E-state index contributed by atoms with van der Waals surface area (Å²) in [6, 6.07) is 8.94. The molecule has 0 aliphatic carbocycles. The van der Waals surface area contributed by atoms with Gasteiger partial charge in [-0.25, -0.2) is 5.06 Å². The van der Waals surface area contributed by atoms with Crippen LogP contribution in [-0.2, 0) is 21.0 Å². The number of nitrogens with zero attached hydrogens (tertiary/aromatic N) is 1. The van der Waals surface area contributed by atoms with E-state index in [9.17, 15) is 14.7 Å². The van der Waals surface area contributed by atoms with E-state index >= 15 is 0 Å². The lowest BCUT2D eigenvalue weighted by Gasteiger charge is -2.45. The zero-order valence-electron chi connectivity index (χ0n) is 14.9. The van der Waals surface area contributed by atoms with Crippen LogP contribution in [0.3, 0.4) is 0 Å². The van der Waals surface area contributed by atoms with Crippen molar-refractivity contribution in [2.45, 2.75) is 50.1 Å². The Kier molecular flexibility index (Phi) is 5.57. The van der Waals surface area contributed by atoms with Gasteiger partial charge in [0.1, 0.15) is 18.2 Å².